The summed E-state index contributed by atoms with van der Waals surface area (Å²) in [7, 11) is 0. The maximum atomic E-state index is 12.7. The van der Waals surface area contributed by atoms with Gasteiger partial charge in [0, 0.05) is 29.5 Å². The second-order valence-electron chi connectivity index (χ2n) is 8.07. The molecule has 1 saturated heterocycles. The van der Waals surface area contributed by atoms with Crippen LogP contribution < -0.4 is 0 Å². The molecule has 1 aliphatic heterocycles. The molecule has 6 nitrogen and oxygen atoms in total. The highest BCUT2D eigenvalue weighted by molar-refractivity contribution is 5.86. The van der Waals surface area contributed by atoms with Crippen LogP contribution in [-0.2, 0) is 11.2 Å². The molecule has 3 heterocycles. The van der Waals surface area contributed by atoms with Crippen LogP contribution in [0.15, 0.2) is 34.9 Å². The molecule has 0 amide bonds. The number of hydrogen-bond acceptors (Lipinski definition) is 6. The number of piperidine rings is 1. The minimum Gasteiger partial charge on any atom is -0.356 e. The molecule has 0 bridgehead atoms. The third-order valence-corrected chi connectivity index (χ3v) is 5.66. The van der Waals surface area contributed by atoms with Crippen molar-refractivity contribution in [3.05, 3.63) is 41.7 Å². The number of benzene rings is 1. The average Bonchev–Trinajstić information content (AvgIpc) is 3.18. The Morgan fingerprint density at radius 1 is 1.16 bits per heavy atom. The molecule has 2 aromatic heterocycles. The number of likely N-dealkylation sites (tertiary alicyclic amines) is 1. The Kier molecular flexibility index (Phi) is 6.04. The lowest BCUT2D eigenvalue weighted by molar-refractivity contribution is -0.139. The van der Waals surface area contributed by atoms with Gasteiger partial charge >= 0.3 is 6.18 Å². The molecule has 1 fully saturated rings. The van der Waals surface area contributed by atoms with Gasteiger partial charge in [-0.2, -0.15) is 23.4 Å². The van der Waals surface area contributed by atoms with E-state index in [1.165, 1.54) is 0 Å². The molecular weight excluding hydrogens is 409 g/mol. The predicted octanol–water partition coefficient (Wildman–Crippen LogP) is 4.37. The first-order chi connectivity index (χ1) is 14.8. The minimum absolute atomic E-state index is 0.00634. The molecule has 0 radical (unpaired) electrons. The molecule has 0 unspecified atom stereocenters. The van der Waals surface area contributed by atoms with Gasteiger partial charge in [0.2, 0.25) is 0 Å². The van der Waals surface area contributed by atoms with Gasteiger partial charge in [-0.15, -0.1) is 0 Å². The first-order valence-corrected chi connectivity index (χ1v) is 10.3. The Balaban J connectivity index is 1.38. The molecule has 3 aromatic rings. The SMILES string of the molecule is Cc1cc(-c2ccc3nnc(CC(=O)C4CCN(CCC(F)(F)F)CC4)cc3c2)on1. The quantitative estimate of drug-likeness (QED) is 0.576. The largest absolute Gasteiger partial charge is 0.390 e. The number of hydrogen-bond donors (Lipinski definition) is 0. The van der Waals surface area contributed by atoms with Gasteiger partial charge in [0.05, 0.1) is 29.7 Å². The summed E-state index contributed by atoms with van der Waals surface area (Å²) in [4.78, 5) is 14.5. The molecule has 164 valence electrons. The summed E-state index contributed by atoms with van der Waals surface area (Å²) < 4.78 is 42.5. The van der Waals surface area contributed by atoms with Crippen LogP contribution in [0.25, 0.3) is 22.2 Å². The smallest absolute Gasteiger partial charge is 0.356 e. The summed E-state index contributed by atoms with van der Waals surface area (Å²) in [5.74, 6) is 0.570. The molecule has 0 aliphatic carbocycles. The molecule has 9 heteroatoms. The van der Waals surface area contributed by atoms with E-state index < -0.39 is 12.6 Å². The van der Waals surface area contributed by atoms with Crippen LogP contribution in [0.5, 0.6) is 0 Å². The van der Waals surface area contributed by atoms with E-state index in [0.29, 0.717) is 42.9 Å². The highest BCUT2D eigenvalue weighted by atomic mass is 19.4. The number of fused-ring (bicyclic) bond motifs is 1. The predicted molar refractivity (Wildman–Crippen MR) is 108 cm³/mol. The number of Topliss-reactive ketones (excluding diaryl/α,β-unsaturated/α-hetero) is 1. The number of halogens is 3. The Morgan fingerprint density at radius 2 is 1.94 bits per heavy atom. The van der Waals surface area contributed by atoms with Crippen molar-refractivity contribution in [3.63, 3.8) is 0 Å². The van der Waals surface area contributed by atoms with Crippen LogP contribution >= 0.6 is 0 Å². The van der Waals surface area contributed by atoms with Crippen molar-refractivity contribution in [1.29, 1.82) is 0 Å². The highest BCUT2D eigenvalue weighted by Gasteiger charge is 2.30. The van der Waals surface area contributed by atoms with Crippen molar-refractivity contribution in [3.8, 4) is 11.3 Å². The third-order valence-electron chi connectivity index (χ3n) is 5.66. The van der Waals surface area contributed by atoms with E-state index in [2.05, 4.69) is 15.4 Å². The summed E-state index contributed by atoms with van der Waals surface area (Å²) in [5.41, 5.74) is 2.96. The van der Waals surface area contributed by atoms with E-state index in [9.17, 15) is 18.0 Å². The van der Waals surface area contributed by atoms with E-state index in [-0.39, 0.29) is 24.7 Å². The van der Waals surface area contributed by atoms with Crippen LogP contribution in [0, 0.1) is 12.8 Å². The maximum absolute atomic E-state index is 12.7. The Hall–Kier alpha value is -2.81. The van der Waals surface area contributed by atoms with E-state index in [4.69, 9.17) is 4.52 Å². The number of alkyl halides is 3. The van der Waals surface area contributed by atoms with E-state index >= 15 is 0 Å². The third kappa shape index (κ3) is 5.46. The number of nitrogens with zero attached hydrogens (tertiary/aromatic N) is 4. The highest BCUT2D eigenvalue weighted by Crippen LogP contribution is 2.26. The van der Waals surface area contributed by atoms with Gasteiger partial charge in [-0.05, 0) is 57.1 Å². The molecule has 0 saturated carbocycles. The number of aromatic nitrogens is 3. The van der Waals surface area contributed by atoms with E-state index in [0.717, 1.165) is 16.6 Å². The van der Waals surface area contributed by atoms with Crippen LogP contribution in [0.1, 0.15) is 30.7 Å². The molecule has 0 atom stereocenters. The van der Waals surface area contributed by atoms with Crippen molar-refractivity contribution < 1.29 is 22.5 Å². The lowest BCUT2D eigenvalue weighted by Gasteiger charge is -2.31. The first-order valence-electron chi connectivity index (χ1n) is 10.3. The van der Waals surface area contributed by atoms with Gasteiger partial charge in [0.25, 0.3) is 0 Å². The lowest BCUT2D eigenvalue weighted by atomic mass is 9.90. The zero-order valence-electron chi connectivity index (χ0n) is 17.2. The Morgan fingerprint density at radius 3 is 2.61 bits per heavy atom. The average molecular weight is 432 g/mol. The standard InChI is InChI=1S/C22H23F3N4O2/c1-14-10-21(31-28-14)16-2-3-19-17(11-16)12-18(26-27-19)13-20(30)15-4-7-29(8-5-15)9-6-22(23,24)25/h2-3,10-12,15H,4-9,13H2,1H3. The molecular formula is C22H23F3N4O2. The van der Waals surface area contributed by atoms with Crippen molar-refractivity contribution in [1.82, 2.24) is 20.3 Å². The number of rotatable bonds is 6. The van der Waals surface area contributed by atoms with E-state index in [1.54, 1.807) is 4.90 Å². The zero-order valence-corrected chi connectivity index (χ0v) is 17.2. The summed E-state index contributed by atoms with van der Waals surface area (Å²) >= 11 is 0. The van der Waals surface area contributed by atoms with Crippen molar-refractivity contribution >= 4 is 16.7 Å². The molecule has 0 spiro atoms. The topological polar surface area (TPSA) is 72.1 Å². The number of carbonyl (C=O) groups excluding carboxylic acids is 1. The van der Waals surface area contributed by atoms with Gasteiger partial charge in [-0.3, -0.25) is 4.79 Å². The van der Waals surface area contributed by atoms with Gasteiger partial charge in [0.1, 0.15) is 5.78 Å². The van der Waals surface area contributed by atoms with Gasteiger partial charge in [-0.1, -0.05) is 5.16 Å². The fourth-order valence-corrected chi connectivity index (χ4v) is 3.91. The number of aryl methyl sites for hydroxylation is 1. The van der Waals surface area contributed by atoms with Crippen LogP contribution in [0.3, 0.4) is 0 Å². The second-order valence-corrected chi connectivity index (χ2v) is 8.07. The van der Waals surface area contributed by atoms with Gasteiger partial charge in [0.15, 0.2) is 5.76 Å². The van der Waals surface area contributed by atoms with Crippen molar-refractivity contribution in [2.24, 2.45) is 5.92 Å². The van der Waals surface area contributed by atoms with Crippen molar-refractivity contribution in [2.45, 2.75) is 38.8 Å². The van der Waals surface area contributed by atoms with Gasteiger partial charge < -0.3 is 9.42 Å². The molecule has 31 heavy (non-hydrogen) atoms. The monoisotopic (exact) mass is 432 g/mol. The number of carbonyl (C=O) groups is 1. The lowest BCUT2D eigenvalue weighted by Crippen LogP contribution is -2.38. The zero-order chi connectivity index (χ0) is 22.0. The fourth-order valence-electron chi connectivity index (χ4n) is 3.91. The Bertz CT molecular complexity index is 1070. The van der Waals surface area contributed by atoms with Crippen LogP contribution in [-0.4, -0.2) is 51.8 Å². The van der Waals surface area contributed by atoms with E-state index in [1.807, 2.05) is 37.3 Å². The molecule has 0 N–H and O–H groups in total. The maximum Gasteiger partial charge on any atom is 0.390 e. The summed E-state index contributed by atoms with van der Waals surface area (Å²) in [6.07, 6.45) is -3.64. The summed E-state index contributed by atoms with van der Waals surface area (Å²) in [6, 6.07) is 9.36. The summed E-state index contributed by atoms with van der Waals surface area (Å²) in [6.45, 7) is 2.86. The van der Waals surface area contributed by atoms with Crippen LogP contribution in [0.2, 0.25) is 0 Å². The summed E-state index contributed by atoms with van der Waals surface area (Å²) in [5, 5.41) is 13.2. The Labute approximate surface area is 177 Å². The van der Waals surface area contributed by atoms with Crippen molar-refractivity contribution in [2.75, 3.05) is 19.6 Å². The van der Waals surface area contributed by atoms with Crippen LogP contribution in [0.4, 0.5) is 13.2 Å². The first kappa shape index (κ1) is 21.4. The normalized spacial score (nSPS) is 16.1. The van der Waals surface area contributed by atoms with Gasteiger partial charge in [-0.25, -0.2) is 0 Å². The minimum atomic E-state index is -4.15. The fraction of sp³-hybridized carbons (Fsp3) is 0.455. The molecule has 4 rings (SSSR count). The number of ketones is 1. The second kappa shape index (κ2) is 8.74. The molecule has 1 aromatic carbocycles. The molecule has 1 aliphatic rings.